The zero-order chi connectivity index (χ0) is 28.3. The van der Waals surface area contributed by atoms with E-state index in [-0.39, 0.29) is 29.9 Å². The van der Waals surface area contributed by atoms with Crippen LogP contribution in [-0.2, 0) is 35.1 Å². The molecule has 0 radical (unpaired) electrons. The van der Waals surface area contributed by atoms with Crippen molar-refractivity contribution < 1.29 is 27.4 Å². The Balaban J connectivity index is 1.40. The van der Waals surface area contributed by atoms with Crippen molar-refractivity contribution in [1.82, 2.24) is 20.2 Å². The summed E-state index contributed by atoms with van der Waals surface area (Å²) in [4.78, 5) is 22.5. The van der Waals surface area contributed by atoms with Crippen LogP contribution in [0.5, 0.6) is 5.75 Å². The molecule has 11 heteroatoms. The van der Waals surface area contributed by atoms with Gasteiger partial charge in [-0.25, -0.2) is 9.97 Å². The lowest BCUT2D eigenvalue weighted by atomic mass is 9.93. The third kappa shape index (κ3) is 6.37. The van der Waals surface area contributed by atoms with E-state index in [2.05, 4.69) is 25.5 Å². The molecule has 8 nitrogen and oxygen atoms in total. The Hall–Kier alpha value is -3.70. The number of fused-ring (bicyclic) bond motifs is 1. The van der Waals surface area contributed by atoms with Gasteiger partial charge >= 0.3 is 6.18 Å². The topological polar surface area (TPSA) is 88.6 Å². The van der Waals surface area contributed by atoms with Gasteiger partial charge in [-0.1, -0.05) is 30.3 Å². The second-order valence-electron chi connectivity index (χ2n) is 10.1. The number of carbonyl (C=O) groups excluding carboxylic acids is 1. The predicted octanol–water partition coefficient (Wildman–Crippen LogP) is 4.67. The first-order chi connectivity index (χ1) is 19.2. The van der Waals surface area contributed by atoms with Crippen molar-refractivity contribution in [2.24, 2.45) is 5.92 Å². The molecule has 2 aromatic carbocycles. The molecular formula is C29H32F3N5O3. The van der Waals surface area contributed by atoms with E-state index in [1.165, 1.54) is 14.0 Å². The molecule has 1 saturated heterocycles. The second-order valence-corrected chi connectivity index (χ2v) is 10.1. The van der Waals surface area contributed by atoms with E-state index in [4.69, 9.17) is 9.47 Å². The number of nitrogens with zero attached hydrogens (tertiary/aromatic N) is 3. The van der Waals surface area contributed by atoms with Crippen LogP contribution >= 0.6 is 0 Å². The van der Waals surface area contributed by atoms with Gasteiger partial charge in [-0.15, -0.1) is 0 Å². The number of ether oxygens (including phenoxy) is 2. The highest BCUT2D eigenvalue weighted by atomic mass is 19.4. The molecule has 2 N–H and O–H groups in total. The number of benzene rings is 2. The Kier molecular flexibility index (Phi) is 8.22. The number of morpholine rings is 1. The number of nitrogens with one attached hydrogen (secondary N) is 2. The molecule has 212 valence electrons. The van der Waals surface area contributed by atoms with Crippen LogP contribution in [0.1, 0.15) is 40.9 Å². The largest absolute Gasteiger partial charge is 0.495 e. The van der Waals surface area contributed by atoms with Gasteiger partial charge in [-0.05, 0) is 47.6 Å². The molecule has 40 heavy (non-hydrogen) atoms. The molecule has 2 atom stereocenters. The van der Waals surface area contributed by atoms with Crippen molar-refractivity contribution in [1.29, 1.82) is 0 Å². The maximum atomic E-state index is 14.0. The van der Waals surface area contributed by atoms with Crippen molar-refractivity contribution in [2.75, 3.05) is 38.7 Å². The third-order valence-electron chi connectivity index (χ3n) is 7.35. The minimum absolute atomic E-state index is 0.0152. The van der Waals surface area contributed by atoms with E-state index in [0.717, 1.165) is 42.5 Å². The normalized spacial score (nSPS) is 19.2. The van der Waals surface area contributed by atoms with Gasteiger partial charge in [0.05, 0.1) is 43.3 Å². The summed E-state index contributed by atoms with van der Waals surface area (Å²) in [5.41, 5.74) is 2.51. The molecule has 3 aromatic rings. The first kappa shape index (κ1) is 27.9. The highest BCUT2D eigenvalue weighted by molar-refractivity contribution is 5.73. The number of hydrogen-bond acceptors (Lipinski definition) is 7. The summed E-state index contributed by atoms with van der Waals surface area (Å²) >= 11 is 0. The zero-order valence-corrected chi connectivity index (χ0v) is 22.4. The number of aromatic nitrogens is 2. The van der Waals surface area contributed by atoms with Gasteiger partial charge < -0.3 is 20.1 Å². The lowest BCUT2D eigenvalue weighted by molar-refractivity contribution is -0.138. The van der Waals surface area contributed by atoms with Crippen LogP contribution in [0.2, 0.25) is 0 Å². The molecule has 2 heterocycles. The zero-order valence-electron chi connectivity index (χ0n) is 22.4. The minimum atomic E-state index is -4.62. The van der Waals surface area contributed by atoms with Crippen molar-refractivity contribution >= 4 is 17.5 Å². The first-order valence-electron chi connectivity index (χ1n) is 13.2. The number of rotatable bonds is 8. The van der Waals surface area contributed by atoms with Crippen molar-refractivity contribution in [2.45, 2.75) is 38.5 Å². The minimum Gasteiger partial charge on any atom is -0.495 e. The molecule has 2 aliphatic rings. The number of carbonyl (C=O) groups is 1. The Morgan fingerprint density at radius 2 is 1.95 bits per heavy atom. The van der Waals surface area contributed by atoms with Crippen LogP contribution < -0.4 is 15.4 Å². The monoisotopic (exact) mass is 555 g/mol. The van der Waals surface area contributed by atoms with E-state index in [1.54, 1.807) is 0 Å². The smallest absolute Gasteiger partial charge is 0.419 e. The van der Waals surface area contributed by atoms with Crippen molar-refractivity contribution in [3.63, 3.8) is 0 Å². The van der Waals surface area contributed by atoms with Gasteiger partial charge in [0.1, 0.15) is 5.75 Å². The fourth-order valence-electron chi connectivity index (χ4n) is 5.48. The van der Waals surface area contributed by atoms with Crippen LogP contribution in [0.15, 0.2) is 48.7 Å². The quantitative estimate of drug-likeness (QED) is 0.418. The summed E-state index contributed by atoms with van der Waals surface area (Å²) in [7, 11) is 1.54. The summed E-state index contributed by atoms with van der Waals surface area (Å²) in [5.74, 6) is 0.0395. The van der Waals surface area contributed by atoms with Crippen LogP contribution in [-0.4, -0.2) is 54.2 Å². The molecule has 1 amide bonds. The van der Waals surface area contributed by atoms with Gasteiger partial charge in [-0.3, -0.25) is 9.69 Å². The fourth-order valence-corrected chi connectivity index (χ4v) is 5.48. The molecule has 1 aliphatic heterocycles. The lowest BCUT2D eigenvalue weighted by Crippen LogP contribution is -2.35. The number of hydrogen-bond donors (Lipinski definition) is 2. The van der Waals surface area contributed by atoms with E-state index in [1.807, 2.05) is 42.5 Å². The number of methoxy groups -OCH3 is 1. The van der Waals surface area contributed by atoms with E-state index >= 15 is 0 Å². The molecule has 0 saturated carbocycles. The highest BCUT2D eigenvalue weighted by Gasteiger charge is 2.39. The van der Waals surface area contributed by atoms with E-state index in [9.17, 15) is 18.0 Å². The van der Waals surface area contributed by atoms with Crippen LogP contribution in [0.3, 0.4) is 0 Å². The lowest BCUT2D eigenvalue weighted by Gasteiger charge is -2.26. The molecule has 0 unspecified atom stereocenters. The summed E-state index contributed by atoms with van der Waals surface area (Å²) in [5, 5.41) is 5.97. The van der Waals surface area contributed by atoms with Gasteiger partial charge in [-0.2, -0.15) is 13.2 Å². The molecule has 0 bridgehead atoms. The van der Waals surface area contributed by atoms with Gasteiger partial charge in [0, 0.05) is 32.8 Å². The summed E-state index contributed by atoms with van der Waals surface area (Å²) in [6.07, 6.45) is -3.26. The number of anilines is 2. The summed E-state index contributed by atoms with van der Waals surface area (Å²) < 4.78 is 53.0. The Morgan fingerprint density at radius 3 is 2.67 bits per heavy atom. The molecular weight excluding hydrogens is 523 g/mol. The molecule has 5 rings (SSSR count). The Bertz CT molecular complexity index is 1360. The average molecular weight is 556 g/mol. The molecule has 1 fully saturated rings. The highest BCUT2D eigenvalue weighted by Crippen LogP contribution is 2.40. The summed E-state index contributed by atoms with van der Waals surface area (Å²) in [6, 6.07) is 12.9. The summed E-state index contributed by atoms with van der Waals surface area (Å²) in [6.45, 7) is 5.23. The van der Waals surface area contributed by atoms with Crippen LogP contribution in [0, 0.1) is 5.92 Å². The van der Waals surface area contributed by atoms with Crippen LogP contribution in [0.4, 0.5) is 24.8 Å². The number of halogens is 3. The van der Waals surface area contributed by atoms with Gasteiger partial charge in [0.15, 0.2) is 0 Å². The van der Waals surface area contributed by atoms with E-state index < -0.39 is 17.8 Å². The molecule has 1 aromatic heterocycles. The maximum absolute atomic E-state index is 14.0. The average Bonchev–Trinajstić information content (AvgIpc) is 3.25. The van der Waals surface area contributed by atoms with E-state index in [0.29, 0.717) is 31.1 Å². The van der Waals surface area contributed by atoms with Gasteiger partial charge in [0.2, 0.25) is 11.9 Å². The second kappa shape index (κ2) is 11.8. The predicted molar refractivity (Wildman–Crippen MR) is 143 cm³/mol. The Labute approximate surface area is 230 Å². The SMILES string of the molecule is COc1cc(CN2CCOCC2)ccc1Nc1ncc(C(F)(F)F)c(C[C@@H]2Cc3ccccc3[C@H]2NC(C)=O)n1. The third-order valence-corrected chi connectivity index (χ3v) is 7.35. The van der Waals surface area contributed by atoms with Crippen molar-refractivity contribution in [3.8, 4) is 5.75 Å². The Morgan fingerprint density at radius 1 is 1.18 bits per heavy atom. The number of alkyl halides is 3. The fraction of sp³-hybridized carbons (Fsp3) is 0.414. The molecule has 0 spiro atoms. The van der Waals surface area contributed by atoms with Crippen LogP contribution in [0.25, 0.3) is 0 Å². The maximum Gasteiger partial charge on any atom is 0.419 e. The standard InChI is InChI=1S/C29H32F3N5O3/c1-18(38)34-27-21(14-20-5-3-4-6-22(20)27)15-25-23(29(30,31)32)16-33-28(36-25)35-24-8-7-19(13-26(24)39-2)17-37-9-11-40-12-10-37/h3-8,13,16,21,27H,9-12,14-15,17H2,1-2H3,(H,34,38)(H,33,35,36)/t21-,27-/m0/s1. The van der Waals surface area contributed by atoms with Gasteiger partial charge in [0.25, 0.3) is 0 Å². The molecule has 1 aliphatic carbocycles. The number of amides is 1. The van der Waals surface area contributed by atoms with Crippen molar-refractivity contribution in [3.05, 3.63) is 76.6 Å². The first-order valence-corrected chi connectivity index (χ1v) is 13.2.